The number of nitrogens with one attached hydrogen (secondary N) is 2. The Balaban J connectivity index is 1.86. The molecule has 0 saturated carbocycles. The number of aromatic nitrogens is 1. The average Bonchev–Trinajstić information content (AvgIpc) is 3.07. The number of rotatable bonds is 5. The van der Waals surface area contributed by atoms with Crippen LogP contribution in [0.2, 0.25) is 10.0 Å². The Morgan fingerprint density at radius 3 is 2.48 bits per heavy atom. The molecule has 160 valence electrons. The zero-order valence-corrected chi connectivity index (χ0v) is 18.5. The molecule has 2 aromatic carbocycles. The van der Waals surface area contributed by atoms with Gasteiger partial charge in [0.25, 0.3) is 5.91 Å². The van der Waals surface area contributed by atoms with E-state index in [2.05, 4.69) is 15.0 Å². The molecule has 0 aliphatic heterocycles. The Bertz CT molecular complexity index is 1430. The summed E-state index contributed by atoms with van der Waals surface area (Å²) in [6, 6.07) is 8.02. The Morgan fingerprint density at radius 2 is 1.84 bits per heavy atom. The van der Waals surface area contributed by atoms with Crippen molar-refractivity contribution in [1.82, 2.24) is 4.98 Å². The zero-order valence-electron chi connectivity index (χ0n) is 16.2. The maximum absolute atomic E-state index is 13.0. The van der Waals surface area contributed by atoms with Crippen molar-refractivity contribution >= 4 is 72.4 Å². The summed E-state index contributed by atoms with van der Waals surface area (Å²) in [6.45, 7) is 0. The molecular formula is C20H15Cl2N3O5S. The first kappa shape index (κ1) is 21.2. The van der Waals surface area contributed by atoms with Gasteiger partial charge in [-0.05, 0) is 24.3 Å². The molecule has 0 spiro atoms. The van der Waals surface area contributed by atoms with Gasteiger partial charge in [0.2, 0.25) is 10.0 Å². The number of anilines is 2. The lowest BCUT2D eigenvalue weighted by Crippen LogP contribution is -2.13. The Morgan fingerprint density at radius 1 is 1.13 bits per heavy atom. The highest BCUT2D eigenvalue weighted by Crippen LogP contribution is 2.39. The van der Waals surface area contributed by atoms with Gasteiger partial charge in [-0.1, -0.05) is 23.2 Å². The van der Waals surface area contributed by atoms with E-state index in [1.807, 2.05) is 0 Å². The van der Waals surface area contributed by atoms with Crippen molar-refractivity contribution in [3.8, 4) is 5.75 Å². The number of hydrogen-bond acceptors (Lipinski definition) is 6. The third-order valence-corrected chi connectivity index (χ3v) is 5.62. The maximum Gasteiger partial charge on any atom is 0.259 e. The second-order valence-corrected chi connectivity index (χ2v) is 9.20. The monoisotopic (exact) mass is 479 g/mol. The van der Waals surface area contributed by atoms with Crippen LogP contribution < -0.4 is 14.8 Å². The first-order valence-corrected chi connectivity index (χ1v) is 11.4. The molecule has 31 heavy (non-hydrogen) atoms. The van der Waals surface area contributed by atoms with Gasteiger partial charge in [0.05, 0.1) is 45.7 Å². The minimum Gasteiger partial charge on any atom is -0.496 e. The third kappa shape index (κ3) is 4.12. The summed E-state index contributed by atoms with van der Waals surface area (Å²) in [5.74, 6) is -0.00899. The molecule has 0 aliphatic carbocycles. The van der Waals surface area contributed by atoms with Crippen molar-refractivity contribution in [2.45, 2.75) is 0 Å². The molecule has 0 unspecified atom stereocenters. The molecule has 4 rings (SSSR count). The van der Waals surface area contributed by atoms with Crippen LogP contribution in [0.1, 0.15) is 10.4 Å². The Kier molecular flexibility index (Phi) is 5.42. The number of fused-ring (bicyclic) bond motifs is 3. The standard InChI is InChI=1S/C20H15Cl2N3O5S/c1-29-15-6-5-12(20(26)24-18-13(21)8-23-9-14(18)22)19-17(15)11-4-3-10(7-16(11)30-19)25-31(2,27)28/h3-9,25H,1-2H3,(H,23,24,26). The van der Waals surface area contributed by atoms with Crippen molar-refractivity contribution in [2.24, 2.45) is 0 Å². The van der Waals surface area contributed by atoms with Crippen LogP contribution in [0.3, 0.4) is 0 Å². The number of pyridine rings is 1. The molecule has 0 atom stereocenters. The first-order chi connectivity index (χ1) is 14.7. The van der Waals surface area contributed by atoms with Crippen molar-refractivity contribution in [3.63, 3.8) is 0 Å². The summed E-state index contributed by atoms with van der Waals surface area (Å²) in [6.07, 6.45) is 3.78. The second kappa shape index (κ2) is 7.92. The van der Waals surface area contributed by atoms with Crippen molar-refractivity contribution in [3.05, 3.63) is 58.3 Å². The molecule has 11 heteroatoms. The largest absolute Gasteiger partial charge is 0.496 e. The normalized spacial score (nSPS) is 11.6. The Labute approximate surface area is 187 Å². The van der Waals surface area contributed by atoms with Crippen LogP contribution in [0.25, 0.3) is 21.9 Å². The predicted molar refractivity (Wildman–Crippen MR) is 121 cm³/mol. The predicted octanol–water partition coefficient (Wildman–Crippen LogP) is 4.92. The van der Waals surface area contributed by atoms with Gasteiger partial charge in [-0.3, -0.25) is 14.5 Å². The molecule has 8 nitrogen and oxygen atoms in total. The number of amides is 1. The van der Waals surface area contributed by atoms with Crippen LogP contribution >= 0.6 is 23.2 Å². The number of halogens is 2. The summed E-state index contributed by atoms with van der Waals surface area (Å²) in [5, 5.41) is 4.27. The summed E-state index contributed by atoms with van der Waals surface area (Å²) >= 11 is 12.2. The fourth-order valence-electron chi connectivity index (χ4n) is 3.19. The molecule has 1 amide bonds. The minimum absolute atomic E-state index is 0.187. The lowest BCUT2D eigenvalue weighted by Gasteiger charge is -2.10. The van der Waals surface area contributed by atoms with E-state index in [9.17, 15) is 13.2 Å². The number of carbonyl (C=O) groups is 1. The van der Waals surface area contributed by atoms with Crippen LogP contribution in [0.4, 0.5) is 11.4 Å². The van der Waals surface area contributed by atoms with Crippen molar-refractivity contribution in [2.75, 3.05) is 23.4 Å². The van der Waals surface area contributed by atoms with E-state index in [0.29, 0.717) is 27.8 Å². The highest BCUT2D eigenvalue weighted by atomic mass is 35.5. The van der Waals surface area contributed by atoms with Crippen LogP contribution in [-0.2, 0) is 10.0 Å². The van der Waals surface area contributed by atoms with Crippen LogP contribution in [0, 0.1) is 0 Å². The maximum atomic E-state index is 13.0. The smallest absolute Gasteiger partial charge is 0.259 e. The topological polar surface area (TPSA) is 111 Å². The highest BCUT2D eigenvalue weighted by molar-refractivity contribution is 7.92. The number of nitrogens with zero attached hydrogens (tertiary/aromatic N) is 1. The average molecular weight is 480 g/mol. The quantitative estimate of drug-likeness (QED) is 0.420. The fourth-order valence-corrected chi connectivity index (χ4v) is 4.20. The van der Waals surface area contributed by atoms with Crippen molar-refractivity contribution < 1.29 is 22.4 Å². The lowest BCUT2D eigenvalue weighted by molar-refractivity contribution is 0.102. The van der Waals surface area contributed by atoms with Gasteiger partial charge in [-0.15, -0.1) is 0 Å². The van der Waals surface area contributed by atoms with Gasteiger partial charge in [0.15, 0.2) is 5.58 Å². The summed E-state index contributed by atoms with van der Waals surface area (Å²) in [5.41, 5.74) is 1.41. The summed E-state index contributed by atoms with van der Waals surface area (Å²) < 4.78 is 36.9. The molecule has 0 saturated heterocycles. The molecule has 0 radical (unpaired) electrons. The van der Waals surface area contributed by atoms with E-state index in [1.165, 1.54) is 25.6 Å². The van der Waals surface area contributed by atoms with E-state index in [-0.39, 0.29) is 26.9 Å². The molecule has 0 fully saturated rings. The number of ether oxygens (including phenoxy) is 1. The van der Waals surface area contributed by atoms with Crippen molar-refractivity contribution in [1.29, 1.82) is 0 Å². The van der Waals surface area contributed by atoms with E-state index in [4.69, 9.17) is 32.4 Å². The molecule has 0 bridgehead atoms. The molecule has 2 aromatic heterocycles. The van der Waals surface area contributed by atoms with Gasteiger partial charge >= 0.3 is 0 Å². The molecule has 2 N–H and O–H groups in total. The first-order valence-electron chi connectivity index (χ1n) is 8.79. The van der Waals surface area contributed by atoms with E-state index < -0.39 is 15.9 Å². The van der Waals surface area contributed by atoms with Gasteiger partial charge in [-0.25, -0.2) is 8.42 Å². The zero-order chi connectivity index (χ0) is 22.3. The second-order valence-electron chi connectivity index (χ2n) is 6.64. The lowest BCUT2D eigenvalue weighted by atomic mass is 10.1. The van der Waals surface area contributed by atoms with E-state index >= 15 is 0 Å². The van der Waals surface area contributed by atoms with Crippen LogP contribution in [0.5, 0.6) is 5.75 Å². The SMILES string of the molecule is COc1ccc(C(=O)Nc2c(Cl)cncc2Cl)c2oc3cc(NS(C)(=O)=O)ccc3c12. The highest BCUT2D eigenvalue weighted by Gasteiger charge is 2.21. The number of sulfonamides is 1. The molecule has 0 aliphatic rings. The van der Waals surface area contributed by atoms with E-state index in [0.717, 1.165) is 6.26 Å². The summed E-state index contributed by atoms with van der Waals surface area (Å²) in [7, 11) is -1.96. The van der Waals surface area contributed by atoms with Gasteiger partial charge < -0.3 is 14.5 Å². The van der Waals surface area contributed by atoms with Gasteiger partial charge in [0.1, 0.15) is 11.3 Å². The van der Waals surface area contributed by atoms with Crippen LogP contribution in [-0.4, -0.2) is 32.7 Å². The number of hydrogen-bond donors (Lipinski definition) is 2. The molecule has 4 aromatic rings. The van der Waals surface area contributed by atoms with E-state index in [1.54, 1.807) is 24.3 Å². The minimum atomic E-state index is -3.46. The number of methoxy groups -OCH3 is 1. The van der Waals surface area contributed by atoms with Gasteiger partial charge in [0, 0.05) is 23.8 Å². The number of carbonyl (C=O) groups excluding carboxylic acids is 1. The third-order valence-electron chi connectivity index (χ3n) is 4.44. The summed E-state index contributed by atoms with van der Waals surface area (Å²) in [4.78, 5) is 16.9. The Hall–Kier alpha value is -3.01. The van der Waals surface area contributed by atoms with Gasteiger partial charge in [-0.2, -0.15) is 0 Å². The molecular weight excluding hydrogens is 465 g/mol. The molecule has 2 heterocycles. The number of benzene rings is 2. The van der Waals surface area contributed by atoms with Crippen LogP contribution in [0.15, 0.2) is 47.1 Å². The number of furan rings is 1. The fraction of sp³-hybridized carbons (Fsp3) is 0.100.